The fraction of sp³-hybridized carbons (Fsp3) is 0.500. The van der Waals surface area contributed by atoms with Crippen molar-refractivity contribution in [2.24, 2.45) is 0 Å². The van der Waals surface area contributed by atoms with Gasteiger partial charge in [0.2, 0.25) is 11.7 Å². The summed E-state index contributed by atoms with van der Waals surface area (Å²) in [7, 11) is 4.67. The molecule has 1 heterocycles. The van der Waals surface area contributed by atoms with Gasteiger partial charge in [0, 0.05) is 6.08 Å². The summed E-state index contributed by atoms with van der Waals surface area (Å²) in [6, 6.07) is 3.60. The average Bonchev–Trinajstić information content (AvgIpc) is 2.65. The van der Waals surface area contributed by atoms with Crippen molar-refractivity contribution in [1.29, 1.82) is 0 Å². The van der Waals surface area contributed by atoms with Crippen LogP contribution in [0.2, 0.25) is 0 Å². The highest BCUT2D eigenvalue weighted by atomic mass is 35.5. The molecule has 1 amide bonds. The first-order valence-electron chi connectivity index (χ1n) is 8.34. The molecule has 0 bridgehead atoms. The number of benzene rings is 1. The predicted octanol–water partition coefficient (Wildman–Crippen LogP) is -3.55. The molecule has 2 rings (SSSR count). The highest BCUT2D eigenvalue weighted by Gasteiger charge is 2.21. The topological polar surface area (TPSA) is 72.7 Å². The van der Waals surface area contributed by atoms with Gasteiger partial charge in [-0.25, -0.2) is 0 Å². The molecule has 0 aromatic heterocycles. The molecule has 0 spiro atoms. The summed E-state index contributed by atoms with van der Waals surface area (Å²) in [6.07, 6.45) is 3.32. The summed E-state index contributed by atoms with van der Waals surface area (Å²) in [5.74, 6) is 1.61. The first kappa shape index (κ1) is 22.1. The molecule has 1 saturated heterocycles. The molecule has 146 valence electrons. The van der Waals surface area contributed by atoms with Gasteiger partial charge < -0.3 is 41.5 Å². The predicted molar refractivity (Wildman–Crippen MR) is 94.4 cm³/mol. The van der Waals surface area contributed by atoms with Crippen molar-refractivity contribution in [3.63, 3.8) is 0 Å². The Balaban J connectivity index is 0.00000338. The quantitative estimate of drug-likeness (QED) is 0.475. The van der Waals surface area contributed by atoms with E-state index in [1.165, 1.54) is 4.90 Å². The highest BCUT2D eigenvalue weighted by Crippen LogP contribution is 2.38. The van der Waals surface area contributed by atoms with E-state index >= 15 is 0 Å². The third kappa shape index (κ3) is 5.52. The summed E-state index contributed by atoms with van der Waals surface area (Å²) in [6.45, 7) is 4.06. The lowest BCUT2D eigenvalue weighted by Crippen LogP contribution is -3.15. The third-order valence-electron chi connectivity index (χ3n) is 4.35. The maximum atomic E-state index is 12.4. The van der Waals surface area contributed by atoms with E-state index in [1.807, 2.05) is 4.90 Å². The van der Waals surface area contributed by atoms with Crippen LogP contribution < -0.4 is 31.5 Å². The Morgan fingerprint density at radius 3 is 2.19 bits per heavy atom. The van der Waals surface area contributed by atoms with Gasteiger partial charge in [0.1, 0.15) is 6.54 Å². The molecular weight excluding hydrogens is 360 g/mol. The Labute approximate surface area is 160 Å². The van der Waals surface area contributed by atoms with E-state index in [-0.39, 0.29) is 24.9 Å². The monoisotopic (exact) mass is 386 g/mol. The molecule has 0 saturated carbocycles. The second-order valence-electron chi connectivity index (χ2n) is 5.84. The van der Waals surface area contributed by atoms with E-state index in [9.17, 15) is 4.79 Å². The van der Waals surface area contributed by atoms with Crippen LogP contribution >= 0.6 is 0 Å². The van der Waals surface area contributed by atoms with Gasteiger partial charge in [0.15, 0.2) is 11.5 Å². The van der Waals surface area contributed by atoms with Crippen molar-refractivity contribution in [2.45, 2.75) is 0 Å². The van der Waals surface area contributed by atoms with E-state index in [0.717, 1.165) is 25.2 Å². The Bertz CT molecular complexity index is 591. The first-order valence-corrected chi connectivity index (χ1v) is 8.34. The molecule has 1 aromatic rings. The molecule has 26 heavy (non-hydrogen) atoms. The van der Waals surface area contributed by atoms with Crippen molar-refractivity contribution >= 4 is 12.0 Å². The molecule has 1 fully saturated rings. The van der Waals surface area contributed by atoms with Gasteiger partial charge in [-0.1, -0.05) is 0 Å². The number of aliphatic hydroxyl groups excluding tert-OH is 1. The molecule has 1 aliphatic heterocycles. The number of hydrogen-bond acceptors (Lipinski definition) is 5. The van der Waals surface area contributed by atoms with Crippen LogP contribution in [0.1, 0.15) is 5.56 Å². The van der Waals surface area contributed by atoms with Crippen molar-refractivity contribution < 1.29 is 41.4 Å². The minimum atomic E-state index is -0.0169. The number of rotatable bonds is 7. The zero-order valence-corrected chi connectivity index (χ0v) is 16.2. The van der Waals surface area contributed by atoms with Crippen LogP contribution in [-0.2, 0) is 4.79 Å². The maximum Gasteiger partial charge on any atom is 0.246 e. The largest absolute Gasteiger partial charge is 1.00 e. The minimum absolute atomic E-state index is 0. The number of carbonyl (C=O) groups excluding carboxylic acids is 1. The molecule has 0 atom stereocenters. The zero-order valence-electron chi connectivity index (χ0n) is 15.5. The molecule has 0 aliphatic carbocycles. The van der Waals surface area contributed by atoms with Gasteiger partial charge in [-0.15, -0.1) is 0 Å². The van der Waals surface area contributed by atoms with Crippen LogP contribution in [0.3, 0.4) is 0 Å². The normalized spacial score (nSPS) is 14.8. The van der Waals surface area contributed by atoms with E-state index in [0.29, 0.717) is 30.3 Å². The SMILES string of the molecule is COc1cc(/C=C/C(=O)N2CC[NH+](CCO)CC2)cc(OC)c1OC.[Cl-]. The van der Waals surface area contributed by atoms with Crippen LogP contribution in [0, 0.1) is 0 Å². The number of quaternary nitrogens is 1. The molecule has 1 aliphatic rings. The Kier molecular flexibility index (Phi) is 9.26. The van der Waals surface area contributed by atoms with Crippen LogP contribution in [0.4, 0.5) is 0 Å². The van der Waals surface area contributed by atoms with Gasteiger partial charge in [0.05, 0.1) is 54.1 Å². The standard InChI is InChI=1S/C18H26N2O5.ClH/c1-23-15-12-14(13-16(24-2)18(15)25-3)4-5-17(22)20-8-6-19(7-9-20)10-11-21;/h4-5,12-13,21H,6-11H2,1-3H3;1H/b5-4+;. The number of methoxy groups -OCH3 is 3. The number of amides is 1. The van der Waals surface area contributed by atoms with Crippen LogP contribution in [0.15, 0.2) is 18.2 Å². The van der Waals surface area contributed by atoms with Crippen molar-refractivity contribution in [1.82, 2.24) is 4.90 Å². The zero-order chi connectivity index (χ0) is 18.2. The molecule has 7 nitrogen and oxygen atoms in total. The average molecular weight is 387 g/mol. The van der Waals surface area contributed by atoms with Crippen LogP contribution in [0.25, 0.3) is 6.08 Å². The summed E-state index contributed by atoms with van der Waals surface area (Å²) >= 11 is 0. The molecular formula is C18H27ClN2O5. The van der Waals surface area contributed by atoms with Gasteiger partial charge in [0.25, 0.3) is 0 Å². The van der Waals surface area contributed by atoms with Crippen LogP contribution in [-0.4, -0.2) is 76.6 Å². The smallest absolute Gasteiger partial charge is 0.246 e. The van der Waals surface area contributed by atoms with E-state index < -0.39 is 0 Å². The summed E-state index contributed by atoms with van der Waals surface area (Å²) in [4.78, 5) is 15.5. The summed E-state index contributed by atoms with van der Waals surface area (Å²) in [5.41, 5.74) is 0.799. The van der Waals surface area contributed by atoms with Gasteiger partial charge in [-0.2, -0.15) is 0 Å². The van der Waals surface area contributed by atoms with Crippen molar-refractivity contribution in [2.75, 3.05) is 60.7 Å². The van der Waals surface area contributed by atoms with Crippen LogP contribution in [0.5, 0.6) is 17.2 Å². The molecule has 8 heteroatoms. The van der Waals surface area contributed by atoms with Gasteiger partial charge in [-0.3, -0.25) is 4.79 Å². The van der Waals surface area contributed by atoms with E-state index in [4.69, 9.17) is 19.3 Å². The number of ether oxygens (including phenoxy) is 3. The fourth-order valence-corrected chi connectivity index (χ4v) is 2.92. The number of carbonyl (C=O) groups is 1. The lowest BCUT2D eigenvalue weighted by Gasteiger charge is -2.31. The molecule has 0 unspecified atom stereocenters. The van der Waals surface area contributed by atoms with Crippen molar-refractivity contribution in [3.8, 4) is 17.2 Å². The van der Waals surface area contributed by atoms with Crippen molar-refractivity contribution in [3.05, 3.63) is 23.8 Å². The number of hydrogen-bond donors (Lipinski definition) is 2. The second-order valence-corrected chi connectivity index (χ2v) is 5.84. The Morgan fingerprint density at radius 2 is 1.73 bits per heavy atom. The van der Waals surface area contributed by atoms with Gasteiger partial charge >= 0.3 is 0 Å². The second kappa shape index (κ2) is 10.9. The maximum absolute atomic E-state index is 12.4. The number of halogens is 1. The third-order valence-corrected chi connectivity index (χ3v) is 4.35. The molecule has 0 radical (unpaired) electrons. The molecule has 2 N–H and O–H groups in total. The first-order chi connectivity index (χ1) is 12.1. The lowest BCUT2D eigenvalue weighted by molar-refractivity contribution is -0.904. The fourth-order valence-electron chi connectivity index (χ4n) is 2.92. The number of nitrogens with one attached hydrogen (secondary N) is 1. The number of aliphatic hydroxyl groups is 1. The number of nitrogens with zero attached hydrogens (tertiary/aromatic N) is 1. The van der Waals surface area contributed by atoms with Gasteiger partial charge in [-0.05, 0) is 23.8 Å². The van der Waals surface area contributed by atoms with E-state index in [1.54, 1.807) is 45.6 Å². The molecule has 1 aromatic carbocycles. The van der Waals surface area contributed by atoms with E-state index in [2.05, 4.69) is 0 Å². The Hall–Kier alpha value is -1.96. The summed E-state index contributed by atoms with van der Waals surface area (Å²) < 4.78 is 15.9. The summed E-state index contributed by atoms with van der Waals surface area (Å²) in [5, 5.41) is 8.98. The minimum Gasteiger partial charge on any atom is -1.00 e. The Morgan fingerprint density at radius 1 is 1.15 bits per heavy atom. The highest BCUT2D eigenvalue weighted by molar-refractivity contribution is 5.92. The number of piperazine rings is 1. The lowest BCUT2D eigenvalue weighted by atomic mass is 10.1.